The molecule has 2 aromatic carbocycles. The first kappa shape index (κ1) is 21.9. The fourth-order valence-electron chi connectivity index (χ4n) is 4.16. The minimum Gasteiger partial charge on any atom is -0.337 e. The fraction of sp³-hybridized carbons (Fsp3) is 0.269. The third-order valence-corrected chi connectivity index (χ3v) is 7.81. The van der Waals surface area contributed by atoms with E-state index in [1.807, 2.05) is 17.0 Å². The number of thioether (sulfide) groups is 1. The number of hydrogen-bond donors (Lipinski definition) is 0. The van der Waals surface area contributed by atoms with Crippen molar-refractivity contribution in [3.8, 4) is 0 Å². The Kier molecular flexibility index (Phi) is 6.88. The maximum Gasteiger partial charge on any atom is 0.233 e. The monoisotopic (exact) mass is 474 g/mol. The quantitative estimate of drug-likeness (QED) is 0.343. The number of aryl methyl sites for hydroxylation is 1. The minimum atomic E-state index is 0.159. The number of rotatable bonds is 8. The third-order valence-electron chi connectivity index (χ3n) is 5.98. The van der Waals surface area contributed by atoms with Gasteiger partial charge in [0.05, 0.1) is 5.75 Å². The van der Waals surface area contributed by atoms with E-state index in [2.05, 4.69) is 74.7 Å². The lowest BCUT2D eigenvalue weighted by molar-refractivity contribution is -0.129. The van der Waals surface area contributed by atoms with Crippen LogP contribution >= 0.6 is 23.1 Å². The highest BCUT2D eigenvalue weighted by atomic mass is 32.2. The second kappa shape index (κ2) is 10.4. The second-order valence-electron chi connectivity index (χ2n) is 8.16. The molecule has 0 saturated carbocycles. The van der Waals surface area contributed by atoms with E-state index >= 15 is 0 Å². The van der Waals surface area contributed by atoms with Gasteiger partial charge in [-0.15, -0.1) is 21.5 Å². The standard InChI is InChI=1S/C26H26N4OS2/c31-25(29-14-13-21-9-4-5-10-22(21)18-29)19-33-26-28-27-24(17-23-11-6-16-32-23)30(26)15-12-20-7-2-1-3-8-20/h1-11,16H,12-15,17-19H2. The topological polar surface area (TPSA) is 51.0 Å². The lowest BCUT2D eigenvalue weighted by Crippen LogP contribution is -2.37. The Morgan fingerprint density at radius 2 is 1.79 bits per heavy atom. The lowest BCUT2D eigenvalue weighted by atomic mass is 10.00. The minimum absolute atomic E-state index is 0.159. The molecule has 0 N–H and O–H groups in total. The van der Waals surface area contributed by atoms with Crippen LogP contribution in [0, 0.1) is 0 Å². The summed E-state index contributed by atoms with van der Waals surface area (Å²) in [5, 5.41) is 11.9. The molecule has 1 amide bonds. The van der Waals surface area contributed by atoms with E-state index in [1.165, 1.54) is 33.3 Å². The largest absolute Gasteiger partial charge is 0.337 e. The zero-order valence-corrected chi connectivity index (χ0v) is 20.0. The van der Waals surface area contributed by atoms with E-state index in [9.17, 15) is 4.79 Å². The molecule has 5 nitrogen and oxygen atoms in total. The van der Waals surface area contributed by atoms with Gasteiger partial charge in [-0.3, -0.25) is 4.79 Å². The molecule has 0 saturated heterocycles. The van der Waals surface area contributed by atoms with Crippen molar-refractivity contribution in [1.82, 2.24) is 19.7 Å². The Balaban J connectivity index is 1.27. The van der Waals surface area contributed by atoms with Gasteiger partial charge in [0, 0.05) is 30.9 Å². The van der Waals surface area contributed by atoms with Crippen LogP contribution in [-0.4, -0.2) is 37.9 Å². The highest BCUT2D eigenvalue weighted by Crippen LogP contribution is 2.24. The number of amides is 1. The molecule has 0 bridgehead atoms. The van der Waals surface area contributed by atoms with Crippen molar-refractivity contribution in [1.29, 1.82) is 0 Å². The predicted octanol–water partition coefficient (Wildman–Crippen LogP) is 4.85. The zero-order valence-electron chi connectivity index (χ0n) is 18.4. The van der Waals surface area contributed by atoms with Crippen LogP contribution in [0.5, 0.6) is 0 Å². The van der Waals surface area contributed by atoms with E-state index in [4.69, 9.17) is 0 Å². The van der Waals surface area contributed by atoms with Gasteiger partial charge in [-0.2, -0.15) is 0 Å². The number of aromatic nitrogens is 3. The molecule has 0 radical (unpaired) electrons. The predicted molar refractivity (Wildman–Crippen MR) is 134 cm³/mol. The number of fused-ring (bicyclic) bond motifs is 1. The van der Waals surface area contributed by atoms with E-state index < -0.39 is 0 Å². The Bertz CT molecular complexity index is 1200. The summed E-state index contributed by atoms with van der Waals surface area (Å²) in [4.78, 5) is 16.2. The van der Waals surface area contributed by atoms with Crippen LogP contribution < -0.4 is 0 Å². The smallest absolute Gasteiger partial charge is 0.233 e. The molecular weight excluding hydrogens is 448 g/mol. The van der Waals surface area contributed by atoms with Crippen molar-refractivity contribution in [3.63, 3.8) is 0 Å². The van der Waals surface area contributed by atoms with Gasteiger partial charge in [0.2, 0.25) is 5.91 Å². The number of nitrogens with zero attached hydrogens (tertiary/aromatic N) is 4. The number of carbonyl (C=O) groups is 1. The van der Waals surface area contributed by atoms with Crippen LogP contribution in [0.1, 0.15) is 27.4 Å². The van der Waals surface area contributed by atoms with Crippen LogP contribution in [0.4, 0.5) is 0 Å². The average Bonchev–Trinajstić information content (AvgIpc) is 3.51. The second-order valence-corrected chi connectivity index (χ2v) is 10.1. The molecule has 168 valence electrons. The molecule has 1 aliphatic heterocycles. The lowest BCUT2D eigenvalue weighted by Gasteiger charge is -2.28. The first-order chi connectivity index (χ1) is 16.3. The molecule has 0 aliphatic carbocycles. The van der Waals surface area contributed by atoms with Crippen LogP contribution in [0.25, 0.3) is 0 Å². The summed E-state index contributed by atoms with van der Waals surface area (Å²) in [6.07, 6.45) is 2.59. The molecule has 3 heterocycles. The van der Waals surface area contributed by atoms with Crippen molar-refractivity contribution < 1.29 is 4.79 Å². The van der Waals surface area contributed by atoms with Crippen LogP contribution in [0.3, 0.4) is 0 Å². The van der Waals surface area contributed by atoms with Crippen molar-refractivity contribution in [2.45, 2.75) is 37.5 Å². The van der Waals surface area contributed by atoms with Gasteiger partial charge in [-0.25, -0.2) is 0 Å². The Labute approximate surface area is 202 Å². The summed E-state index contributed by atoms with van der Waals surface area (Å²) < 4.78 is 2.19. The SMILES string of the molecule is O=C(CSc1nnc(Cc2cccs2)n1CCc1ccccc1)N1CCc2ccccc2C1. The first-order valence-electron chi connectivity index (χ1n) is 11.2. The Morgan fingerprint density at radius 3 is 2.61 bits per heavy atom. The molecule has 5 rings (SSSR count). The molecule has 0 fully saturated rings. The van der Waals surface area contributed by atoms with Crippen molar-refractivity contribution in [2.24, 2.45) is 0 Å². The summed E-state index contributed by atoms with van der Waals surface area (Å²) in [6, 6.07) is 23.1. The average molecular weight is 475 g/mol. The number of carbonyl (C=O) groups excluding carboxylic acids is 1. The third kappa shape index (κ3) is 5.37. The molecule has 0 unspecified atom stereocenters. The summed E-state index contributed by atoms with van der Waals surface area (Å²) in [6.45, 7) is 2.27. The van der Waals surface area contributed by atoms with Crippen LogP contribution in [0.15, 0.2) is 77.3 Å². The molecule has 0 spiro atoms. The Hall–Kier alpha value is -2.90. The number of benzene rings is 2. The number of thiophene rings is 1. The van der Waals surface area contributed by atoms with Crippen molar-refractivity contribution in [2.75, 3.05) is 12.3 Å². The zero-order chi connectivity index (χ0) is 22.5. The summed E-state index contributed by atoms with van der Waals surface area (Å²) in [5.74, 6) is 1.49. The van der Waals surface area contributed by atoms with Crippen LogP contribution in [0.2, 0.25) is 0 Å². The molecule has 33 heavy (non-hydrogen) atoms. The molecule has 4 aromatic rings. The van der Waals surface area contributed by atoms with Gasteiger partial charge in [-0.1, -0.05) is 72.4 Å². The summed E-state index contributed by atoms with van der Waals surface area (Å²) >= 11 is 3.23. The van der Waals surface area contributed by atoms with E-state index in [0.717, 1.165) is 43.3 Å². The Morgan fingerprint density at radius 1 is 0.970 bits per heavy atom. The van der Waals surface area contributed by atoms with Gasteiger partial charge >= 0.3 is 0 Å². The van der Waals surface area contributed by atoms with E-state index in [1.54, 1.807) is 11.3 Å². The summed E-state index contributed by atoms with van der Waals surface area (Å²) in [7, 11) is 0. The highest BCUT2D eigenvalue weighted by molar-refractivity contribution is 7.99. The van der Waals surface area contributed by atoms with Gasteiger partial charge in [0.25, 0.3) is 0 Å². The summed E-state index contributed by atoms with van der Waals surface area (Å²) in [5.41, 5.74) is 3.90. The van der Waals surface area contributed by atoms with Gasteiger partial charge in [-0.05, 0) is 41.0 Å². The molecule has 0 atom stereocenters. The fourth-order valence-corrected chi connectivity index (χ4v) is 5.75. The molecule has 7 heteroatoms. The molecular formula is C26H26N4OS2. The van der Waals surface area contributed by atoms with Gasteiger partial charge < -0.3 is 9.47 Å². The normalized spacial score (nSPS) is 13.2. The van der Waals surface area contributed by atoms with E-state index in [-0.39, 0.29) is 5.91 Å². The maximum absolute atomic E-state index is 13.0. The number of hydrogen-bond acceptors (Lipinski definition) is 5. The van der Waals surface area contributed by atoms with Crippen molar-refractivity contribution in [3.05, 3.63) is 99.5 Å². The van der Waals surface area contributed by atoms with E-state index in [0.29, 0.717) is 12.3 Å². The van der Waals surface area contributed by atoms with Crippen LogP contribution in [-0.2, 0) is 37.1 Å². The molecule has 1 aliphatic rings. The van der Waals surface area contributed by atoms with Gasteiger partial charge in [0.1, 0.15) is 5.82 Å². The van der Waals surface area contributed by atoms with Gasteiger partial charge in [0.15, 0.2) is 5.16 Å². The maximum atomic E-state index is 13.0. The first-order valence-corrected chi connectivity index (χ1v) is 13.1. The van der Waals surface area contributed by atoms with Crippen molar-refractivity contribution >= 4 is 29.0 Å². The highest BCUT2D eigenvalue weighted by Gasteiger charge is 2.22. The molecule has 2 aromatic heterocycles.